The third kappa shape index (κ3) is 2.96. The molecular weight excluding hydrogens is 293 g/mol. The second-order valence-electron chi connectivity index (χ2n) is 4.91. The lowest BCUT2D eigenvalue weighted by molar-refractivity contribution is 0.617. The van der Waals surface area contributed by atoms with Crippen LogP contribution in [0.2, 0.25) is 10.0 Å². The van der Waals surface area contributed by atoms with Crippen LogP contribution in [0.25, 0.3) is 0 Å². The van der Waals surface area contributed by atoms with Crippen LogP contribution in [0.5, 0.6) is 0 Å². The van der Waals surface area contributed by atoms with Crippen molar-refractivity contribution < 1.29 is 0 Å². The molecule has 0 amide bonds. The van der Waals surface area contributed by atoms with E-state index in [1.165, 1.54) is 11.1 Å². The van der Waals surface area contributed by atoms with E-state index in [2.05, 4.69) is 43.3 Å². The highest BCUT2D eigenvalue weighted by molar-refractivity contribution is 6.34. The zero-order valence-electron chi connectivity index (χ0n) is 11.7. The molecule has 3 nitrogen and oxygen atoms in total. The molecule has 20 heavy (non-hydrogen) atoms. The van der Waals surface area contributed by atoms with Crippen LogP contribution < -0.4 is 11.3 Å². The Morgan fingerprint density at radius 1 is 1.05 bits per heavy atom. The number of nitrogens with two attached hydrogens (primary N) is 1. The zero-order valence-corrected chi connectivity index (χ0v) is 13.2. The summed E-state index contributed by atoms with van der Waals surface area (Å²) in [5.41, 5.74) is 8.12. The molecule has 2 rings (SSSR count). The van der Waals surface area contributed by atoms with Crippen molar-refractivity contribution in [2.24, 2.45) is 5.84 Å². The predicted molar refractivity (Wildman–Crippen MR) is 84.1 cm³/mol. The van der Waals surface area contributed by atoms with E-state index in [0.717, 1.165) is 11.1 Å². The molecule has 106 valence electrons. The molecule has 1 unspecified atom stereocenters. The smallest absolute Gasteiger partial charge is 0.0899 e. The number of rotatable bonds is 3. The van der Waals surface area contributed by atoms with Crippen LogP contribution in [0, 0.1) is 20.8 Å². The van der Waals surface area contributed by atoms with E-state index in [1.54, 1.807) is 12.3 Å². The lowest BCUT2D eigenvalue weighted by Gasteiger charge is -2.20. The van der Waals surface area contributed by atoms with Crippen molar-refractivity contribution in [3.63, 3.8) is 0 Å². The minimum absolute atomic E-state index is 0.265. The van der Waals surface area contributed by atoms with E-state index in [1.807, 2.05) is 0 Å². The highest BCUT2D eigenvalue weighted by Gasteiger charge is 2.20. The summed E-state index contributed by atoms with van der Waals surface area (Å²) < 4.78 is 0. The van der Waals surface area contributed by atoms with Crippen LogP contribution in [0.15, 0.2) is 24.4 Å². The van der Waals surface area contributed by atoms with Gasteiger partial charge in [-0.15, -0.1) is 0 Å². The maximum atomic E-state index is 6.23. The molecule has 0 spiro atoms. The number of benzene rings is 1. The maximum Gasteiger partial charge on any atom is 0.0899 e. The summed E-state index contributed by atoms with van der Waals surface area (Å²) in [6, 6.07) is 5.66. The highest BCUT2D eigenvalue weighted by Crippen LogP contribution is 2.30. The average Bonchev–Trinajstić information content (AvgIpc) is 2.38. The van der Waals surface area contributed by atoms with Crippen LogP contribution in [-0.4, -0.2) is 4.98 Å². The summed E-state index contributed by atoms with van der Waals surface area (Å²) in [5, 5.41) is 1.00. The molecule has 1 aromatic heterocycles. The van der Waals surface area contributed by atoms with Crippen molar-refractivity contribution in [2.75, 3.05) is 0 Å². The van der Waals surface area contributed by atoms with E-state index >= 15 is 0 Å². The van der Waals surface area contributed by atoms with E-state index in [0.29, 0.717) is 15.7 Å². The first-order chi connectivity index (χ1) is 9.43. The van der Waals surface area contributed by atoms with Gasteiger partial charge >= 0.3 is 0 Å². The van der Waals surface area contributed by atoms with Crippen LogP contribution >= 0.6 is 23.2 Å². The Morgan fingerprint density at radius 3 is 2.30 bits per heavy atom. The number of halogens is 2. The van der Waals surface area contributed by atoms with Gasteiger partial charge in [-0.1, -0.05) is 35.3 Å². The Bertz CT molecular complexity index is 641. The normalized spacial score (nSPS) is 12.5. The van der Waals surface area contributed by atoms with Gasteiger partial charge in [-0.25, -0.2) is 5.43 Å². The minimum atomic E-state index is -0.265. The molecule has 0 aliphatic heterocycles. The van der Waals surface area contributed by atoms with Gasteiger partial charge in [0.05, 0.1) is 21.8 Å². The van der Waals surface area contributed by atoms with Crippen molar-refractivity contribution in [1.82, 2.24) is 10.4 Å². The topological polar surface area (TPSA) is 50.9 Å². The molecule has 1 heterocycles. The van der Waals surface area contributed by atoms with Gasteiger partial charge in [0.15, 0.2) is 0 Å². The molecular formula is C15H17Cl2N3. The lowest BCUT2D eigenvalue weighted by atomic mass is 9.94. The second kappa shape index (κ2) is 6.10. The molecule has 0 saturated heterocycles. The van der Waals surface area contributed by atoms with Crippen molar-refractivity contribution >= 4 is 23.2 Å². The summed E-state index contributed by atoms with van der Waals surface area (Å²) in [6.45, 7) is 6.21. The van der Waals surface area contributed by atoms with E-state index in [-0.39, 0.29) is 6.04 Å². The number of aromatic nitrogens is 1. The zero-order chi connectivity index (χ0) is 14.9. The summed E-state index contributed by atoms with van der Waals surface area (Å²) >= 11 is 12.1. The van der Waals surface area contributed by atoms with Gasteiger partial charge < -0.3 is 0 Å². The Kier molecular flexibility index (Phi) is 4.66. The number of hydrazine groups is 1. The van der Waals surface area contributed by atoms with Gasteiger partial charge in [0, 0.05) is 6.20 Å². The van der Waals surface area contributed by atoms with Crippen molar-refractivity contribution in [3.8, 4) is 0 Å². The first-order valence-corrected chi connectivity index (χ1v) is 7.04. The van der Waals surface area contributed by atoms with Crippen LogP contribution in [0.4, 0.5) is 0 Å². The molecule has 5 heteroatoms. The fraction of sp³-hybridized carbons (Fsp3) is 0.267. The first kappa shape index (κ1) is 15.3. The number of nitrogens with one attached hydrogen (secondary N) is 1. The molecule has 2 aromatic rings. The lowest BCUT2D eigenvalue weighted by Crippen LogP contribution is -2.30. The molecule has 0 saturated carbocycles. The number of hydrogen-bond donors (Lipinski definition) is 2. The van der Waals surface area contributed by atoms with Gasteiger partial charge in [-0.05, 0) is 49.1 Å². The fourth-order valence-corrected chi connectivity index (χ4v) is 2.74. The average molecular weight is 310 g/mol. The quantitative estimate of drug-likeness (QED) is 0.668. The molecule has 1 atom stereocenters. The van der Waals surface area contributed by atoms with Crippen LogP contribution in [0.3, 0.4) is 0 Å². The Balaban J connectivity index is 2.55. The standard InChI is InChI=1S/C15H17Cl2N3/c1-8-4-10(3)12(5-9(8)2)14(20-18)15-13(17)6-11(16)7-19-15/h4-7,14,20H,18H2,1-3H3. The third-order valence-electron chi connectivity index (χ3n) is 3.47. The molecule has 0 radical (unpaired) electrons. The maximum absolute atomic E-state index is 6.23. The number of nitrogens with zero attached hydrogens (tertiary/aromatic N) is 1. The van der Waals surface area contributed by atoms with Crippen molar-refractivity contribution in [2.45, 2.75) is 26.8 Å². The van der Waals surface area contributed by atoms with Gasteiger partial charge in [-0.2, -0.15) is 0 Å². The largest absolute Gasteiger partial charge is 0.271 e. The van der Waals surface area contributed by atoms with Gasteiger partial charge in [-0.3, -0.25) is 10.8 Å². The first-order valence-electron chi connectivity index (χ1n) is 6.29. The molecule has 0 fully saturated rings. The van der Waals surface area contributed by atoms with Crippen LogP contribution in [0.1, 0.15) is 34.0 Å². The van der Waals surface area contributed by atoms with E-state index in [9.17, 15) is 0 Å². The van der Waals surface area contributed by atoms with Crippen molar-refractivity contribution in [1.29, 1.82) is 0 Å². The Morgan fingerprint density at radius 2 is 1.70 bits per heavy atom. The van der Waals surface area contributed by atoms with Gasteiger partial charge in [0.25, 0.3) is 0 Å². The van der Waals surface area contributed by atoms with E-state index in [4.69, 9.17) is 29.0 Å². The molecule has 0 aliphatic carbocycles. The third-order valence-corrected chi connectivity index (χ3v) is 3.98. The minimum Gasteiger partial charge on any atom is -0.271 e. The summed E-state index contributed by atoms with van der Waals surface area (Å²) in [4.78, 5) is 4.31. The molecule has 0 bridgehead atoms. The number of hydrogen-bond acceptors (Lipinski definition) is 3. The van der Waals surface area contributed by atoms with Gasteiger partial charge in [0.1, 0.15) is 0 Å². The number of aryl methyl sites for hydroxylation is 3. The second-order valence-corrected chi connectivity index (χ2v) is 5.76. The van der Waals surface area contributed by atoms with Crippen LogP contribution in [-0.2, 0) is 0 Å². The predicted octanol–water partition coefficient (Wildman–Crippen LogP) is 3.87. The molecule has 3 N–H and O–H groups in total. The molecule has 1 aromatic carbocycles. The highest BCUT2D eigenvalue weighted by atomic mass is 35.5. The Labute approximate surface area is 129 Å². The van der Waals surface area contributed by atoms with Gasteiger partial charge in [0.2, 0.25) is 0 Å². The fourth-order valence-electron chi connectivity index (χ4n) is 2.25. The number of pyridine rings is 1. The summed E-state index contributed by atoms with van der Waals surface area (Å²) in [5.74, 6) is 5.72. The SMILES string of the molecule is Cc1cc(C)c(C(NN)c2ncc(Cl)cc2Cl)cc1C. The van der Waals surface area contributed by atoms with E-state index < -0.39 is 0 Å². The Hall–Kier alpha value is -1.13. The van der Waals surface area contributed by atoms with Crippen molar-refractivity contribution in [3.05, 3.63) is 62.4 Å². The summed E-state index contributed by atoms with van der Waals surface area (Å²) in [6.07, 6.45) is 1.57. The monoisotopic (exact) mass is 309 g/mol. The summed E-state index contributed by atoms with van der Waals surface area (Å²) in [7, 11) is 0. The molecule has 0 aliphatic rings.